The molecule has 0 rings (SSSR count). The molecule has 0 saturated carbocycles. The van der Waals surface area contributed by atoms with Gasteiger partial charge in [0.15, 0.2) is 0 Å². The molecule has 0 aromatic carbocycles. The Hall–Kier alpha value is -0.0800. The van der Waals surface area contributed by atoms with Crippen molar-refractivity contribution >= 4 is 0 Å². The van der Waals surface area contributed by atoms with Crippen LogP contribution in [0.25, 0.3) is 0 Å². The van der Waals surface area contributed by atoms with Crippen molar-refractivity contribution in [1.29, 1.82) is 0 Å². The van der Waals surface area contributed by atoms with Gasteiger partial charge in [-0.25, -0.2) is 0 Å². The summed E-state index contributed by atoms with van der Waals surface area (Å²) in [5.41, 5.74) is 5.44. The molecule has 0 bridgehead atoms. The second kappa shape index (κ2) is 8.02. The second-order valence-corrected chi connectivity index (χ2v) is 3.18. The smallest absolute Gasteiger partial charge is 0.0452 e. The fourth-order valence-electron chi connectivity index (χ4n) is 1.08. The van der Waals surface area contributed by atoms with Gasteiger partial charge in [0.1, 0.15) is 0 Å². The molecule has 2 nitrogen and oxygen atoms in total. The normalized spacial score (nSPS) is 10.9. The van der Waals surface area contributed by atoms with E-state index in [0.717, 1.165) is 6.54 Å². The Morgan fingerprint density at radius 1 is 1.09 bits per heavy atom. The first-order chi connectivity index (χ1) is 5.31. The van der Waals surface area contributed by atoms with Crippen molar-refractivity contribution < 1.29 is 0 Å². The first-order valence-electron chi connectivity index (χ1n) is 4.70. The molecule has 2 N–H and O–H groups in total. The Labute approximate surface area is 70.8 Å². The maximum Gasteiger partial charge on any atom is 0.0452 e. The third kappa shape index (κ3) is 7.82. The van der Waals surface area contributed by atoms with Gasteiger partial charge < -0.3 is 5.73 Å². The Morgan fingerprint density at radius 3 is 2.27 bits per heavy atom. The fourth-order valence-corrected chi connectivity index (χ4v) is 1.08. The van der Waals surface area contributed by atoms with Crippen molar-refractivity contribution in [3.05, 3.63) is 0 Å². The summed E-state index contributed by atoms with van der Waals surface area (Å²) in [5, 5.41) is 0. The minimum Gasteiger partial charge on any atom is -0.318 e. The summed E-state index contributed by atoms with van der Waals surface area (Å²) in [6.45, 7) is 4.08. The maximum atomic E-state index is 5.44. The molecule has 0 fully saturated rings. The first-order valence-corrected chi connectivity index (χ1v) is 4.70. The summed E-state index contributed by atoms with van der Waals surface area (Å²) in [5.74, 6) is 0. The predicted octanol–water partition coefficient (Wildman–Crippen LogP) is 1.80. The minimum atomic E-state index is 0.688. The zero-order valence-electron chi connectivity index (χ0n) is 7.97. The van der Waals surface area contributed by atoms with Gasteiger partial charge in [-0.05, 0) is 20.0 Å². The molecule has 0 atom stereocenters. The zero-order chi connectivity index (χ0) is 8.53. The lowest BCUT2D eigenvalue weighted by molar-refractivity contribution is 0.333. The summed E-state index contributed by atoms with van der Waals surface area (Å²) in [7, 11) is 2.07. The Kier molecular flexibility index (Phi) is 7.96. The van der Waals surface area contributed by atoms with Gasteiger partial charge in [-0.15, -0.1) is 0 Å². The summed E-state index contributed by atoms with van der Waals surface area (Å²) >= 11 is 0. The summed E-state index contributed by atoms with van der Waals surface area (Å²) < 4.78 is 0. The third-order valence-corrected chi connectivity index (χ3v) is 1.96. The van der Waals surface area contributed by atoms with Crippen molar-refractivity contribution in [3.63, 3.8) is 0 Å². The van der Waals surface area contributed by atoms with Gasteiger partial charge in [0, 0.05) is 6.67 Å². The quantitative estimate of drug-likeness (QED) is 0.452. The molecule has 0 spiro atoms. The van der Waals surface area contributed by atoms with Crippen molar-refractivity contribution in [1.82, 2.24) is 4.90 Å². The largest absolute Gasteiger partial charge is 0.318 e. The SMILES string of the molecule is CCCCCCCN(C)CN. The lowest BCUT2D eigenvalue weighted by Gasteiger charge is -2.12. The van der Waals surface area contributed by atoms with Crippen LogP contribution in [-0.2, 0) is 0 Å². The van der Waals surface area contributed by atoms with Crippen molar-refractivity contribution in [2.75, 3.05) is 20.3 Å². The molecule has 0 radical (unpaired) electrons. The van der Waals surface area contributed by atoms with Gasteiger partial charge in [0.2, 0.25) is 0 Å². The standard InChI is InChI=1S/C9H22N2/c1-3-4-5-6-7-8-11(2)9-10/h3-10H2,1-2H3. The van der Waals surface area contributed by atoms with Crippen LogP contribution in [0.4, 0.5) is 0 Å². The van der Waals surface area contributed by atoms with E-state index in [1.54, 1.807) is 0 Å². The van der Waals surface area contributed by atoms with E-state index >= 15 is 0 Å². The summed E-state index contributed by atoms with van der Waals surface area (Å²) in [6, 6.07) is 0. The van der Waals surface area contributed by atoms with Crippen LogP contribution in [0, 0.1) is 0 Å². The number of hydrogen-bond acceptors (Lipinski definition) is 2. The third-order valence-electron chi connectivity index (χ3n) is 1.96. The number of nitrogens with two attached hydrogens (primary N) is 1. The van der Waals surface area contributed by atoms with Crippen LogP contribution in [0.5, 0.6) is 0 Å². The second-order valence-electron chi connectivity index (χ2n) is 3.18. The van der Waals surface area contributed by atoms with Gasteiger partial charge in [0.25, 0.3) is 0 Å². The number of unbranched alkanes of at least 4 members (excludes halogenated alkanes) is 4. The van der Waals surface area contributed by atoms with Gasteiger partial charge >= 0.3 is 0 Å². The van der Waals surface area contributed by atoms with E-state index in [1.165, 1.54) is 32.1 Å². The monoisotopic (exact) mass is 158 g/mol. The Morgan fingerprint density at radius 2 is 1.73 bits per heavy atom. The lowest BCUT2D eigenvalue weighted by atomic mass is 10.1. The Balaban J connectivity index is 2.89. The predicted molar refractivity (Wildman–Crippen MR) is 50.4 cm³/mol. The van der Waals surface area contributed by atoms with Crippen molar-refractivity contribution in [2.45, 2.75) is 39.0 Å². The molecule has 11 heavy (non-hydrogen) atoms. The lowest BCUT2D eigenvalue weighted by Crippen LogP contribution is -2.26. The maximum absolute atomic E-state index is 5.44. The molecule has 2 heteroatoms. The molecule has 0 aromatic heterocycles. The number of hydrogen-bond donors (Lipinski definition) is 1. The van der Waals surface area contributed by atoms with Crippen LogP contribution in [-0.4, -0.2) is 25.2 Å². The number of rotatable bonds is 7. The summed E-state index contributed by atoms with van der Waals surface area (Å²) in [6.07, 6.45) is 6.75. The van der Waals surface area contributed by atoms with Gasteiger partial charge in [-0.3, -0.25) is 4.90 Å². The zero-order valence-corrected chi connectivity index (χ0v) is 7.97. The molecular weight excluding hydrogens is 136 g/mol. The van der Waals surface area contributed by atoms with Crippen LogP contribution < -0.4 is 5.73 Å². The van der Waals surface area contributed by atoms with Gasteiger partial charge in [-0.2, -0.15) is 0 Å². The van der Waals surface area contributed by atoms with Crippen LogP contribution in [0.1, 0.15) is 39.0 Å². The molecular formula is C9H22N2. The van der Waals surface area contributed by atoms with E-state index in [0.29, 0.717) is 6.67 Å². The highest BCUT2D eigenvalue weighted by molar-refractivity contribution is 4.48. The highest BCUT2D eigenvalue weighted by Gasteiger charge is 1.93. The molecule has 0 heterocycles. The van der Waals surface area contributed by atoms with Crippen LogP contribution in [0.3, 0.4) is 0 Å². The molecule has 0 aliphatic carbocycles. The van der Waals surface area contributed by atoms with Crippen LogP contribution in [0.2, 0.25) is 0 Å². The molecule has 0 aromatic rings. The van der Waals surface area contributed by atoms with E-state index in [-0.39, 0.29) is 0 Å². The van der Waals surface area contributed by atoms with E-state index < -0.39 is 0 Å². The molecule has 0 amide bonds. The summed E-state index contributed by atoms with van der Waals surface area (Å²) in [4.78, 5) is 2.16. The molecule has 0 aliphatic heterocycles. The highest BCUT2D eigenvalue weighted by atomic mass is 15.1. The van der Waals surface area contributed by atoms with E-state index in [4.69, 9.17) is 5.73 Å². The molecule has 0 saturated heterocycles. The van der Waals surface area contributed by atoms with E-state index in [9.17, 15) is 0 Å². The minimum absolute atomic E-state index is 0.688. The van der Waals surface area contributed by atoms with E-state index in [2.05, 4.69) is 18.9 Å². The number of nitrogens with zero attached hydrogens (tertiary/aromatic N) is 1. The van der Waals surface area contributed by atoms with Crippen molar-refractivity contribution in [2.24, 2.45) is 5.73 Å². The average molecular weight is 158 g/mol. The Bertz CT molecular complexity index is 74.0. The topological polar surface area (TPSA) is 29.3 Å². The molecule has 0 aliphatic rings. The average Bonchev–Trinajstić information content (AvgIpc) is 2.04. The van der Waals surface area contributed by atoms with Crippen LogP contribution >= 0.6 is 0 Å². The molecule has 68 valence electrons. The first kappa shape index (κ1) is 10.9. The van der Waals surface area contributed by atoms with Crippen molar-refractivity contribution in [3.8, 4) is 0 Å². The van der Waals surface area contributed by atoms with Gasteiger partial charge in [0.05, 0.1) is 0 Å². The highest BCUT2D eigenvalue weighted by Crippen LogP contribution is 2.02. The van der Waals surface area contributed by atoms with Crippen LogP contribution in [0.15, 0.2) is 0 Å². The van der Waals surface area contributed by atoms with E-state index in [1.807, 2.05) is 0 Å². The fraction of sp³-hybridized carbons (Fsp3) is 1.00. The molecule has 0 unspecified atom stereocenters. The van der Waals surface area contributed by atoms with Gasteiger partial charge in [-0.1, -0.05) is 32.6 Å².